The van der Waals surface area contributed by atoms with Gasteiger partial charge in [-0.15, -0.1) is 24.0 Å². The molecule has 0 fully saturated rings. The second kappa shape index (κ2) is 11.6. The van der Waals surface area contributed by atoms with Gasteiger partial charge in [0.15, 0.2) is 11.7 Å². The number of ether oxygens (including phenoxy) is 1. The highest BCUT2D eigenvalue weighted by atomic mass is 127. The minimum atomic E-state index is -3.00. The molecule has 0 spiro atoms. The molecule has 28 heavy (non-hydrogen) atoms. The first-order valence-electron chi connectivity index (χ1n) is 8.12. The normalized spacial score (nSPS) is 11.5. The number of alkyl halides is 2. The van der Waals surface area contributed by atoms with Crippen LogP contribution in [0.15, 0.2) is 27.7 Å². The van der Waals surface area contributed by atoms with E-state index in [1.54, 1.807) is 7.05 Å². The van der Waals surface area contributed by atoms with Gasteiger partial charge in [0.1, 0.15) is 5.75 Å². The average molecular weight is 549 g/mol. The molecule has 11 heteroatoms. The van der Waals surface area contributed by atoms with E-state index in [0.29, 0.717) is 28.9 Å². The smallest absolute Gasteiger partial charge is 0.387 e. The van der Waals surface area contributed by atoms with Crippen molar-refractivity contribution in [1.29, 1.82) is 0 Å². The van der Waals surface area contributed by atoms with Gasteiger partial charge in [-0.3, -0.25) is 4.99 Å². The number of hydrogen-bond donors (Lipinski definition) is 2. The lowest BCUT2D eigenvalue weighted by molar-refractivity contribution is -0.0504. The molecule has 0 saturated carbocycles. The number of aromatic nitrogens is 1. The highest BCUT2D eigenvalue weighted by Gasteiger charge is 2.16. The summed E-state index contributed by atoms with van der Waals surface area (Å²) in [5, 5.41) is 10.3. The van der Waals surface area contributed by atoms with Crippen molar-refractivity contribution in [3.8, 4) is 5.75 Å². The maximum atomic E-state index is 12.6. The number of hydrogen-bond acceptors (Lipinski definition) is 4. The van der Waals surface area contributed by atoms with Crippen LogP contribution in [0.4, 0.5) is 8.78 Å². The highest BCUT2D eigenvalue weighted by Crippen LogP contribution is 2.33. The molecule has 0 aliphatic heterocycles. The lowest BCUT2D eigenvalue weighted by Crippen LogP contribution is -2.36. The molecule has 1 aromatic heterocycles. The van der Waals surface area contributed by atoms with E-state index < -0.39 is 6.61 Å². The van der Waals surface area contributed by atoms with Crippen molar-refractivity contribution < 1.29 is 18.0 Å². The van der Waals surface area contributed by atoms with Gasteiger partial charge in [-0.25, -0.2) is 0 Å². The Bertz CT molecular complexity index is 803. The van der Waals surface area contributed by atoms with Crippen molar-refractivity contribution in [1.82, 2.24) is 15.8 Å². The van der Waals surface area contributed by atoms with Gasteiger partial charge in [0.2, 0.25) is 0 Å². The molecule has 0 amide bonds. The van der Waals surface area contributed by atoms with E-state index in [1.807, 2.05) is 19.9 Å². The van der Waals surface area contributed by atoms with Crippen LogP contribution in [-0.2, 0) is 13.1 Å². The van der Waals surface area contributed by atoms with E-state index in [1.165, 1.54) is 12.1 Å². The Labute approximate surface area is 189 Å². The first-order chi connectivity index (χ1) is 12.8. The summed E-state index contributed by atoms with van der Waals surface area (Å²) in [5.74, 6) is 1.21. The Morgan fingerprint density at radius 2 is 1.89 bits per heavy atom. The molecule has 1 aromatic carbocycles. The predicted octanol–water partition coefficient (Wildman–Crippen LogP) is 5.19. The summed E-state index contributed by atoms with van der Waals surface area (Å²) >= 11 is 11.9. The number of halogens is 5. The van der Waals surface area contributed by atoms with Crippen LogP contribution < -0.4 is 15.4 Å². The van der Waals surface area contributed by atoms with Crippen LogP contribution in [0.3, 0.4) is 0 Å². The van der Waals surface area contributed by atoms with Crippen molar-refractivity contribution in [2.75, 3.05) is 7.05 Å². The van der Waals surface area contributed by atoms with E-state index in [-0.39, 0.29) is 47.2 Å². The summed E-state index contributed by atoms with van der Waals surface area (Å²) < 4.78 is 35.0. The third-order valence-corrected chi connectivity index (χ3v) is 4.06. The molecule has 2 rings (SSSR count). The molecule has 2 aromatic rings. The molecule has 1 heterocycles. The van der Waals surface area contributed by atoms with Gasteiger partial charge >= 0.3 is 6.61 Å². The van der Waals surface area contributed by atoms with Gasteiger partial charge in [-0.1, -0.05) is 42.2 Å². The molecular weight excluding hydrogens is 528 g/mol. The first-order valence-corrected chi connectivity index (χ1v) is 8.88. The molecule has 6 nitrogen and oxygen atoms in total. The molecular formula is C17H21Cl2F2IN4O2. The fourth-order valence-electron chi connectivity index (χ4n) is 2.22. The molecule has 0 saturated heterocycles. The topological polar surface area (TPSA) is 71.7 Å². The van der Waals surface area contributed by atoms with Crippen molar-refractivity contribution in [2.45, 2.75) is 39.5 Å². The van der Waals surface area contributed by atoms with Gasteiger partial charge in [0.05, 0.1) is 17.3 Å². The number of nitrogens with zero attached hydrogens (tertiary/aromatic N) is 2. The van der Waals surface area contributed by atoms with Crippen molar-refractivity contribution in [3.63, 3.8) is 0 Å². The average Bonchev–Trinajstić information content (AvgIpc) is 3.07. The van der Waals surface area contributed by atoms with Crippen LogP contribution in [0.2, 0.25) is 10.0 Å². The van der Waals surface area contributed by atoms with E-state index in [9.17, 15) is 8.78 Å². The SMILES string of the molecule is CN=C(NCc1cc(C(C)C)no1)NCc1cc(Cl)cc(Cl)c1OC(F)F.I. The second-order valence-corrected chi connectivity index (χ2v) is 6.75. The molecule has 0 aliphatic carbocycles. The number of benzene rings is 1. The third kappa shape index (κ3) is 7.25. The summed E-state index contributed by atoms with van der Waals surface area (Å²) in [4.78, 5) is 4.07. The zero-order valence-corrected chi connectivity index (χ0v) is 19.3. The fourth-order valence-corrected chi connectivity index (χ4v) is 2.80. The van der Waals surface area contributed by atoms with Crippen molar-refractivity contribution in [3.05, 3.63) is 45.3 Å². The zero-order valence-electron chi connectivity index (χ0n) is 15.4. The van der Waals surface area contributed by atoms with Crippen molar-refractivity contribution >= 4 is 53.1 Å². The Hall–Kier alpha value is -1.33. The van der Waals surface area contributed by atoms with E-state index in [4.69, 9.17) is 27.7 Å². The standard InChI is InChI=1S/C17H20Cl2F2N4O2.HI/c1-9(2)14-6-12(27-25-14)8-24-17(22-3)23-7-10-4-11(18)5-13(19)15(10)26-16(20)21;/h4-6,9,16H,7-8H2,1-3H3,(H2,22,23,24);1H. The number of rotatable bonds is 7. The van der Waals surface area contributed by atoms with E-state index >= 15 is 0 Å². The Morgan fingerprint density at radius 3 is 2.46 bits per heavy atom. The number of aliphatic imine (C=N–C) groups is 1. The van der Waals surface area contributed by atoms with Crippen LogP contribution in [-0.4, -0.2) is 24.8 Å². The van der Waals surface area contributed by atoms with E-state index in [0.717, 1.165) is 5.69 Å². The summed E-state index contributed by atoms with van der Waals surface area (Å²) in [5.41, 5.74) is 1.23. The molecule has 0 atom stereocenters. The molecule has 156 valence electrons. The summed E-state index contributed by atoms with van der Waals surface area (Å²) in [6, 6.07) is 4.70. The molecule has 0 bridgehead atoms. The summed E-state index contributed by atoms with van der Waals surface area (Å²) in [6.07, 6.45) is 0. The maximum Gasteiger partial charge on any atom is 0.387 e. The first kappa shape index (κ1) is 24.7. The van der Waals surface area contributed by atoms with E-state index in [2.05, 4.69) is 25.5 Å². The van der Waals surface area contributed by atoms with Crippen LogP contribution in [0.5, 0.6) is 5.75 Å². The van der Waals surface area contributed by atoms with Crippen LogP contribution in [0, 0.1) is 0 Å². The Morgan fingerprint density at radius 1 is 1.21 bits per heavy atom. The van der Waals surface area contributed by atoms with Gasteiger partial charge in [0, 0.05) is 30.2 Å². The quantitative estimate of drug-likeness (QED) is 0.283. The Balaban J connectivity index is 0.00000392. The fraction of sp³-hybridized carbons (Fsp3) is 0.412. The summed E-state index contributed by atoms with van der Waals surface area (Å²) in [6.45, 7) is 1.52. The van der Waals surface area contributed by atoms with Crippen LogP contribution in [0.25, 0.3) is 0 Å². The summed E-state index contributed by atoms with van der Waals surface area (Å²) in [7, 11) is 1.58. The second-order valence-electron chi connectivity index (χ2n) is 5.91. The van der Waals surface area contributed by atoms with Gasteiger partial charge in [-0.2, -0.15) is 8.78 Å². The van der Waals surface area contributed by atoms with Gasteiger partial charge < -0.3 is 19.9 Å². The lowest BCUT2D eigenvalue weighted by atomic mass is 10.1. The van der Waals surface area contributed by atoms with Crippen LogP contribution >= 0.6 is 47.2 Å². The largest absolute Gasteiger partial charge is 0.433 e. The van der Waals surface area contributed by atoms with Gasteiger partial charge in [0.25, 0.3) is 0 Å². The van der Waals surface area contributed by atoms with Crippen molar-refractivity contribution in [2.24, 2.45) is 4.99 Å². The molecule has 2 N–H and O–H groups in total. The number of nitrogens with one attached hydrogen (secondary N) is 2. The number of guanidine groups is 1. The third-order valence-electron chi connectivity index (χ3n) is 3.56. The maximum absolute atomic E-state index is 12.6. The highest BCUT2D eigenvalue weighted by molar-refractivity contribution is 14.0. The molecule has 0 aliphatic rings. The Kier molecular flexibility index (Phi) is 10.3. The minimum absolute atomic E-state index is 0. The molecule has 0 radical (unpaired) electrons. The predicted molar refractivity (Wildman–Crippen MR) is 116 cm³/mol. The minimum Gasteiger partial charge on any atom is -0.433 e. The molecule has 0 unspecified atom stereocenters. The zero-order chi connectivity index (χ0) is 20.0. The van der Waals surface area contributed by atoms with Gasteiger partial charge in [-0.05, 0) is 18.1 Å². The monoisotopic (exact) mass is 548 g/mol. The van der Waals surface area contributed by atoms with Crippen LogP contribution in [0.1, 0.15) is 36.8 Å². The lowest BCUT2D eigenvalue weighted by Gasteiger charge is -2.15.